The monoisotopic (exact) mass is 141 g/mol. The Balaban J connectivity index is 4.34. The smallest absolute Gasteiger partial charge is 0.264 e. The summed E-state index contributed by atoms with van der Waals surface area (Å²) in [6.07, 6.45) is 1.38. The Labute approximate surface area is 59.6 Å². The minimum atomic E-state index is -0.547. The first-order valence-electron chi connectivity index (χ1n) is 2.82. The molecule has 0 fully saturated rings. The van der Waals surface area contributed by atoms with Crippen molar-refractivity contribution < 1.29 is 4.79 Å². The highest BCUT2D eigenvalue weighted by molar-refractivity contribution is 6.00. The van der Waals surface area contributed by atoms with Gasteiger partial charge in [-0.15, -0.1) is 0 Å². The van der Waals surface area contributed by atoms with Crippen LogP contribution in [0, 0.1) is 5.41 Å². The number of nitrogens with two attached hydrogens (primary N) is 1. The number of carbonyl (C=O) groups excluding carboxylic acids is 1. The normalized spacial score (nSPS) is 10.8. The van der Waals surface area contributed by atoms with E-state index >= 15 is 0 Å². The van der Waals surface area contributed by atoms with E-state index in [1.807, 2.05) is 0 Å². The molecule has 0 aromatic heterocycles. The molecule has 4 heteroatoms. The zero-order valence-electron chi connectivity index (χ0n) is 6.06. The molecule has 0 rings (SSSR count). The van der Waals surface area contributed by atoms with Gasteiger partial charge < -0.3 is 16.5 Å². The van der Waals surface area contributed by atoms with Crippen LogP contribution in [0.15, 0.2) is 11.8 Å². The molecular weight excluding hydrogens is 130 g/mol. The number of hydrogen-bond acceptors (Lipinski definition) is 3. The average Bonchev–Trinajstić information content (AvgIpc) is 1.81. The third-order valence-corrected chi connectivity index (χ3v) is 0.896. The quantitative estimate of drug-likeness (QED) is 0.370. The summed E-state index contributed by atoms with van der Waals surface area (Å²) >= 11 is 0. The Morgan fingerprint density at radius 1 is 1.70 bits per heavy atom. The van der Waals surface area contributed by atoms with Crippen LogP contribution in [0.2, 0.25) is 0 Å². The molecule has 0 aromatic carbocycles. The molecule has 0 bridgehead atoms. The number of amides is 1. The first-order chi connectivity index (χ1) is 4.57. The van der Waals surface area contributed by atoms with E-state index in [1.54, 1.807) is 14.0 Å². The molecule has 4 nitrogen and oxygen atoms in total. The summed E-state index contributed by atoms with van der Waals surface area (Å²) < 4.78 is 0. The van der Waals surface area contributed by atoms with Crippen molar-refractivity contribution in [1.82, 2.24) is 5.32 Å². The van der Waals surface area contributed by atoms with Crippen LogP contribution >= 0.6 is 0 Å². The predicted molar refractivity (Wildman–Crippen MR) is 39.7 cm³/mol. The number of carbonyl (C=O) groups is 1. The van der Waals surface area contributed by atoms with Crippen LogP contribution in [0.1, 0.15) is 6.92 Å². The van der Waals surface area contributed by atoms with Gasteiger partial charge in [-0.3, -0.25) is 4.79 Å². The van der Waals surface area contributed by atoms with E-state index in [0.29, 0.717) is 5.71 Å². The highest BCUT2D eigenvalue weighted by atomic mass is 16.1. The van der Waals surface area contributed by atoms with Gasteiger partial charge in [0.2, 0.25) is 0 Å². The van der Waals surface area contributed by atoms with Crippen molar-refractivity contribution in [3.8, 4) is 0 Å². The van der Waals surface area contributed by atoms with Gasteiger partial charge in [0.1, 0.15) is 5.70 Å². The Morgan fingerprint density at radius 3 is 2.30 bits per heavy atom. The van der Waals surface area contributed by atoms with Crippen molar-refractivity contribution in [2.45, 2.75) is 6.92 Å². The number of likely N-dealkylation sites (N-methyl/N-ethyl adjacent to an activating group) is 1. The van der Waals surface area contributed by atoms with Gasteiger partial charge in [0.25, 0.3) is 5.91 Å². The molecule has 0 aliphatic rings. The molecule has 0 aromatic rings. The van der Waals surface area contributed by atoms with Crippen molar-refractivity contribution in [3.05, 3.63) is 11.8 Å². The van der Waals surface area contributed by atoms with Gasteiger partial charge in [-0.1, -0.05) is 0 Å². The van der Waals surface area contributed by atoms with Crippen molar-refractivity contribution in [2.75, 3.05) is 7.05 Å². The van der Waals surface area contributed by atoms with E-state index in [4.69, 9.17) is 11.1 Å². The maximum atomic E-state index is 10.5. The summed E-state index contributed by atoms with van der Waals surface area (Å²) in [5.74, 6) is -0.547. The molecule has 0 atom stereocenters. The fourth-order valence-electron chi connectivity index (χ4n) is 0.483. The summed E-state index contributed by atoms with van der Waals surface area (Å²) in [6.45, 7) is 1.57. The maximum Gasteiger partial charge on any atom is 0.264 e. The molecular formula is C6H11N3O. The molecule has 0 aliphatic heterocycles. The maximum absolute atomic E-state index is 10.5. The Bertz CT molecular complexity index is 183. The minimum Gasteiger partial charge on any atom is -0.384 e. The van der Waals surface area contributed by atoms with E-state index < -0.39 is 5.91 Å². The molecule has 0 aliphatic carbocycles. The van der Waals surface area contributed by atoms with Gasteiger partial charge in [-0.05, 0) is 13.0 Å². The molecule has 0 radical (unpaired) electrons. The predicted octanol–water partition coefficient (Wildman–Crippen LogP) is -0.385. The van der Waals surface area contributed by atoms with Crippen LogP contribution in [0.5, 0.6) is 0 Å². The van der Waals surface area contributed by atoms with Gasteiger partial charge in [0.15, 0.2) is 0 Å². The highest BCUT2D eigenvalue weighted by Gasteiger charge is 1.99. The van der Waals surface area contributed by atoms with Gasteiger partial charge in [0, 0.05) is 12.8 Å². The number of primary amides is 1. The standard InChI is InChI=1S/C6H11N3O/c1-4(7)3-5(9-2)6(8)10/h3,7,9H,1-2H3,(H2,8,10)/b5-3-,7-4?. The lowest BCUT2D eigenvalue weighted by Gasteiger charge is -1.99. The van der Waals surface area contributed by atoms with Gasteiger partial charge in [-0.25, -0.2) is 0 Å². The molecule has 0 unspecified atom stereocenters. The molecule has 10 heavy (non-hydrogen) atoms. The van der Waals surface area contributed by atoms with Crippen LogP contribution < -0.4 is 11.1 Å². The first kappa shape index (κ1) is 8.68. The lowest BCUT2D eigenvalue weighted by molar-refractivity contribution is -0.114. The van der Waals surface area contributed by atoms with Gasteiger partial charge in [-0.2, -0.15) is 0 Å². The van der Waals surface area contributed by atoms with E-state index in [2.05, 4.69) is 5.32 Å². The summed E-state index contributed by atoms with van der Waals surface area (Å²) in [5, 5.41) is 9.58. The van der Waals surface area contributed by atoms with Crippen molar-refractivity contribution >= 4 is 11.6 Å². The average molecular weight is 141 g/mol. The SMILES string of the molecule is CN/C(=C\C(C)=N)C(N)=O. The van der Waals surface area contributed by atoms with Gasteiger partial charge in [0.05, 0.1) is 0 Å². The lowest BCUT2D eigenvalue weighted by Crippen LogP contribution is -2.23. The van der Waals surface area contributed by atoms with Crippen LogP contribution in [-0.2, 0) is 4.79 Å². The third-order valence-electron chi connectivity index (χ3n) is 0.896. The highest BCUT2D eigenvalue weighted by Crippen LogP contribution is 1.85. The fourth-order valence-corrected chi connectivity index (χ4v) is 0.483. The fraction of sp³-hybridized carbons (Fsp3) is 0.333. The second-order valence-electron chi connectivity index (χ2n) is 1.86. The second-order valence-corrected chi connectivity index (χ2v) is 1.86. The molecule has 0 saturated heterocycles. The van der Waals surface area contributed by atoms with E-state index in [9.17, 15) is 4.79 Å². The lowest BCUT2D eigenvalue weighted by atomic mass is 10.3. The number of hydrogen-bond donors (Lipinski definition) is 3. The molecule has 4 N–H and O–H groups in total. The van der Waals surface area contributed by atoms with Crippen molar-refractivity contribution in [2.24, 2.45) is 5.73 Å². The molecule has 1 amide bonds. The number of nitrogens with one attached hydrogen (secondary N) is 2. The Hall–Kier alpha value is -1.32. The Morgan fingerprint density at radius 2 is 2.20 bits per heavy atom. The largest absolute Gasteiger partial charge is 0.384 e. The second kappa shape index (κ2) is 3.66. The van der Waals surface area contributed by atoms with E-state index in [-0.39, 0.29) is 5.70 Å². The van der Waals surface area contributed by atoms with E-state index in [0.717, 1.165) is 0 Å². The minimum absolute atomic E-state index is 0.257. The first-order valence-corrected chi connectivity index (χ1v) is 2.82. The topological polar surface area (TPSA) is 79.0 Å². The van der Waals surface area contributed by atoms with Crippen molar-refractivity contribution in [1.29, 1.82) is 5.41 Å². The molecule has 0 heterocycles. The summed E-state index contributed by atoms with van der Waals surface area (Å²) in [4.78, 5) is 10.5. The van der Waals surface area contributed by atoms with Crippen LogP contribution in [0.25, 0.3) is 0 Å². The van der Waals surface area contributed by atoms with Crippen LogP contribution in [0.3, 0.4) is 0 Å². The van der Waals surface area contributed by atoms with Crippen molar-refractivity contribution in [3.63, 3.8) is 0 Å². The number of rotatable bonds is 3. The Kier molecular flexibility index (Phi) is 3.17. The number of allylic oxidation sites excluding steroid dienone is 1. The van der Waals surface area contributed by atoms with Gasteiger partial charge >= 0.3 is 0 Å². The van der Waals surface area contributed by atoms with Crippen LogP contribution in [0.4, 0.5) is 0 Å². The van der Waals surface area contributed by atoms with Crippen LogP contribution in [-0.4, -0.2) is 18.7 Å². The third kappa shape index (κ3) is 2.86. The summed E-state index contributed by atoms with van der Waals surface area (Å²) in [6, 6.07) is 0. The summed E-state index contributed by atoms with van der Waals surface area (Å²) in [5.41, 5.74) is 5.48. The summed E-state index contributed by atoms with van der Waals surface area (Å²) in [7, 11) is 1.58. The van der Waals surface area contributed by atoms with E-state index in [1.165, 1.54) is 6.08 Å². The molecule has 0 spiro atoms. The zero-order valence-corrected chi connectivity index (χ0v) is 6.06. The zero-order chi connectivity index (χ0) is 8.15. The molecule has 56 valence electrons. The molecule has 0 saturated carbocycles.